The fourth-order valence-electron chi connectivity index (χ4n) is 4.39. The van der Waals surface area contributed by atoms with Crippen molar-refractivity contribution < 1.29 is 22.6 Å². The molecule has 1 aliphatic heterocycles. The van der Waals surface area contributed by atoms with Crippen LogP contribution in [0.15, 0.2) is 30.3 Å². The summed E-state index contributed by atoms with van der Waals surface area (Å²) in [6.07, 6.45) is -2.28. The van der Waals surface area contributed by atoms with E-state index in [2.05, 4.69) is 27.2 Å². The number of benzene rings is 2. The highest BCUT2D eigenvalue weighted by atomic mass is 19.4. The van der Waals surface area contributed by atoms with Crippen molar-refractivity contribution in [3.63, 3.8) is 0 Å². The number of nitrogen functional groups attached to an aromatic ring is 1. The molecule has 10 heteroatoms. The lowest BCUT2D eigenvalue weighted by Gasteiger charge is -2.22. The third-order valence-corrected chi connectivity index (χ3v) is 6.35. The Bertz CT molecular complexity index is 1220. The van der Waals surface area contributed by atoms with Crippen LogP contribution in [-0.4, -0.2) is 48.2 Å². The van der Waals surface area contributed by atoms with Gasteiger partial charge in [0.15, 0.2) is 11.5 Å². The first-order valence-corrected chi connectivity index (χ1v) is 11.5. The molecule has 188 valence electrons. The Morgan fingerprint density at radius 3 is 2.60 bits per heavy atom. The number of methoxy groups -OCH3 is 1. The number of halogens is 3. The predicted molar refractivity (Wildman–Crippen MR) is 130 cm³/mol. The van der Waals surface area contributed by atoms with Gasteiger partial charge in [0.2, 0.25) is 0 Å². The topological polar surface area (TPSA) is 85.5 Å². The van der Waals surface area contributed by atoms with Crippen molar-refractivity contribution in [1.82, 2.24) is 14.9 Å². The van der Waals surface area contributed by atoms with Crippen molar-refractivity contribution in [2.24, 2.45) is 0 Å². The minimum atomic E-state index is -4.49. The fourth-order valence-corrected chi connectivity index (χ4v) is 4.39. The molecule has 7 nitrogen and oxygen atoms in total. The maximum absolute atomic E-state index is 13.3. The summed E-state index contributed by atoms with van der Waals surface area (Å²) in [5, 5.41) is 3.92. The Morgan fingerprint density at radius 2 is 1.94 bits per heavy atom. The highest BCUT2D eigenvalue weighted by Gasteiger charge is 2.31. The zero-order valence-electron chi connectivity index (χ0n) is 20.2. The number of anilines is 2. The minimum Gasteiger partial charge on any atom is -0.493 e. The molecule has 0 amide bonds. The molecule has 0 bridgehead atoms. The first kappa shape index (κ1) is 24.8. The number of hydrogen-bond donors (Lipinski definition) is 2. The molecule has 2 aromatic carbocycles. The first-order chi connectivity index (χ1) is 16.5. The predicted octanol–water partition coefficient (Wildman–Crippen LogP) is 5.19. The number of aryl methyl sites for hydroxylation is 1. The van der Waals surface area contributed by atoms with Crippen LogP contribution in [0.2, 0.25) is 0 Å². The van der Waals surface area contributed by atoms with E-state index in [0.29, 0.717) is 52.3 Å². The number of hydrogen-bond acceptors (Lipinski definition) is 7. The maximum atomic E-state index is 13.3. The van der Waals surface area contributed by atoms with Gasteiger partial charge in [-0.2, -0.15) is 13.2 Å². The van der Waals surface area contributed by atoms with Crippen LogP contribution in [0, 0.1) is 6.92 Å². The summed E-state index contributed by atoms with van der Waals surface area (Å²) < 4.78 is 51.6. The number of likely N-dealkylation sites (tertiary alicyclic amines) is 1. The summed E-state index contributed by atoms with van der Waals surface area (Å²) in [5.74, 6) is 2.12. The summed E-state index contributed by atoms with van der Waals surface area (Å²) in [5.41, 5.74) is 6.05. The van der Waals surface area contributed by atoms with Crippen LogP contribution in [0.25, 0.3) is 10.9 Å². The zero-order valence-corrected chi connectivity index (χ0v) is 20.2. The van der Waals surface area contributed by atoms with Crippen LogP contribution in [0.3, 0.4) is 0 Å². The van der Waals surface area contributed by atoms with Gasteiger partial charge in [0.05, 0.1) is 24.2 Å². The van der Waals surface area contributed by atoms with E-state index in [9.17, 15) is 13.2 Å². The van der Waals surface area contributed by atoms with Crippen molar-refractivity contribution in [2.75, 3.05) is 38.4 Å². The third-order valence-electron chi connectivity index (χ3n) is 6.35. The van der Waals surface area contributed by atoms with Crippen LogP contribution < -0.4 is 20.5 Å². The number of rotatable bonds is 7. The molecule has 0 saturated carbocycles. The molecule has 3 aromatic rings. The maximum Gasteiger partial charge on any atom is 0.416 e. The number of nitrogens with zero attached hydrogens (tertiary/aromatic N) is 3. The fraction of sp³-hybridized carbons (Fsp3) is 0.440. The molecular weight excluding hydrogens is 459 g/mol. The summed E-state index contributed by atoms with van der Waals surface area (Å²) in [6.45, 7) is 5.08. The Balaban J connectivity index is 1.67. The van der Waals surface area contributed by atoms with Gasteiger partial charge in [0, 0.05) is 23.2 Å². The van der Waals surface area contributed by atoms with E-state index < -0.39 is 17.8 Å². The van der Waals surface area contributed by atoms with Gasteiger partial charge in [-0.05, 0) is 70.1 Å². The molecule has 0 spiro atoms. The van der Waals surface area contributed by atoms with Crippen LogP contribution in [-0.2, 0) is 6.18 Å². The molecule has 0 aliphatic carbocycles. The quantitative estimate of drug-likeness (QED) is 0.442. The lowest BCUT2D eigenvalue weighted by atomic mass is 10.0. The highest BCUT2D eigenvalue weighted by Crippen LogP contribution is 2.37. The summed E-state index contributed by atoms with van der Waals surface area (Å²) in [4.78, 5) is 11.3. The van der Waals surface area contributed by atoms with Gasteiger partial charge in [0.25, 0.3) is 0 Å². The summed E-state index contributed by atoms with van der Waals surface area (Å²) in [6, 6.07) is 6.98. The number of nitrogens with one attached hydrogen (secondary N) is 1. The van der Waals surface area contributed by atoms with Crippen LogP contribution in [0.1, 0.15) is 42.8 Å². The average molecular weight is 490 g/mol. The molecule has 1 aromatic heterocycles. The van der Waals surface area contributed by atoms with E-state index >= 15 is 0 Å². The lowest BCUT2D eigenvalue weighted by Crippen LogP contribution is -2.30. The zero-order chi connectivity index (χ0) is 25.3. The van der Waals surface area contributed by atoms with Crippen LogP contribution in [0.4, 0.5) is 24.7 Å². The van der Waals surface area contributed by atoms with E-state index in [4.69, 9.17) is 15.2 Å². The molecule has 3 N–H and O–H groups in total. The molecule has 1 fully saturated rings. The second-order valence-corrected chi connectivity index (χ2v) is 8.98. The SMILES string of the molecule is COc1cc2nc(C)nc(N[C@H](C)c3cc(N)cc(C(F)(F)F)c3)c2cc1OC[C@@H]1CCCN1C. The van der Waals surface area contributed by atoms with Crippen LogP contribution in [0.5, 0.6) is 11.5 Å². The Kier molecular flexibility index (Phi) is 6.93. The lowest BCUT2D eigenvalue weighted by molar-refractivity contribution is -0.137. The van der Waals surface area contributed by atoms with Gasteiger partial charge in [-0.1, -0.05) is 0 Å². The first-order valence-electron chi connectivity index (χ1n) is 11.5. The molecule has 35 heavy (non-hydrogen) atoms. The molecule has 4 rings (SSSR count). The van der Waals surface area contributed by atoms with Gasteiger partial charge < -0.3 is 25.4 Å². The molecule has 1 aliphatic rings. The molecule has 1 saturated heterocycles. The summed E-state index contributed by atoms with van der Waals surface area (Å²) >= 11 is 0. The normalized spacial score (nSPS) is 17.5. The van der Waals surface area contributed by atoms with Crippen molar-refractivity contribution in [3.8, 4) is 11.5 Å². The second-order valence-electron chi connectivity index (χ2n) is 8.98. The van der Waals surface area contributed by atoms with E-state index in [-0.39, 0.29) is 5.69 Å². The number of fused-ring (bicyclic) bond motifs is 1. The van der Waals surface area contributed by atoms with Crippen molar-refractivity contribution in [3.05, 3.63) is 47.3 Å². The highest BCUT2D eigenvalue weighted by molar-refractivity contribution is 5.92. The number of likely N-dealkylation sites (N-methyl/N-ethyl adjacent to an activating group) is 1. The Labute approximate surface area is 202 Å². The number of ether oxygens (including phenoxy) is 2. The van der Waals surface area contributed by atoms with E-state index in [1.165, 1.54) is 6.07 Å². The third kappa shape index (κ3) is 5.53. The smallest absolute Gasteiger partial charge is 0.416 e. The van der Waals surface area contributed by atoms with E-state index in [1.54, 1.807) is 27.0 Å². The van der Waals surface area contributed by atoms with Crippen molar-refractivity contribution >= 4 is 22.4 Å². The number of alkyl halides is 3. The Morgan fingerprint density at radius 1 is 1.17 bits per heavy atom. The van der Waals surface area contributed by atoms with Gasteiger partial charge >= 0.3 is 6.18 Å². The van der Waals surface area contributed by atoms with E-state index in [1.807, 2.05) is 6.07 Å². The van der Waals surface area contributed by atoms with Crippen LogP contribution >= 0.6 is 0 Å². The largest absolute Gasteiger partial charge is 0.493 e. The second kappa shape index (κ2) is 9.77. The van der Waals surface area contributed by atoms with E-state index in [0.717, 1.165) is 31.5 Å². The number of aromatic nitrogens is 2. The van der Waals surface area contributed by atoms with Gasteiger partial charge in [-0.25, -0.2) is 9.97 Å². The van der Waals surface area contributed by atoms with Gasteiger partial charge in [-0.3, -0.25) is 0 Å². The summed E-state index contributed by atoms with van der Waals surface area (Å²) in [7, 11) is 3.66. The van der Waals surface area contributed by atoms with Crippen molar-refractivity contribution in [1.29, 1.82) is 0 Å². The molecule has 0 unspecified atom stereocenters. The van der Waals surface area contributed by atoms with Gasteiger partial charge in [0.1, 0.15) is 18.2 Å². The molecular formula is C25H30F3N5O2. The Hall–Kier alpha value is -3.27. The average Bonchev–Trinajstić information content (AvgIpc) is 3.20. The molecule has 2 atom stereocenters. The number of nitrogens with two attached hydrogens (primary N) is 1. The molecule has 2 heterocycles. The minimum absolute atomic E-state index is 0.0458. The standard InChI is InChI=1S/C25H30F3N5O2/c1-14(16-8-17(25(26,27)28)10-18(29)9-16)30-24-20-11-23(35-13-19-6-5-7-33(19)3)22(34-4)12-21(20)31-15(2)32-24/h8-12,14,19H,5-7,13,29H2,1-4H3,(H,30,31,32)/t14-,19+/m1/s1. The van der Waals surface area contributed by atoms with Crippen molar-refractivity contribution in [2.45, 2.75) is 44.9 Å². The monoisotopic (exact) mass is 489 g/mol. The molecule has 0 radical (unpaired) electrons. The van der Waals surface area contributed by atoms with Gasteiger partial charge in [-0.15, -0.1) is 0 Å².